The molecule has 1 fully saturated rings. The van der Waals surface area contributed by atoms with E-state index in [9.17, 15) is 14.0 Å². The first-order valence-corrected chi connectivity index (χ1v) is 14.0. The van der Waals surface area contributed by atoms with Crippen molar-refractivity contribution >= 4 is 51.7 Å². The van der Waals surface area contributed by atoms with Crippen LogP contribution in [0.5, 0.6) is 5.75 Å². The maximum atomic E-state index is 14.6. The molecule has 11 nitrogen and oxygen atoms in total. The van der Waals surface area contributed by atoms with Crippen molar-refractivity contribution in [2.75, 3.05) is 42.8 Å². The molecule has 0 aliphatic carbocycles. The van der Waals surface area contributed by atoms with Gasteiger partial charge < -0.3 is 35.9 Å². The summed E-state index contributed by atoms with van der Waals surface area (Å²) in [5.41, 5.74) is 3.14. The average Bonchev–Trinajstić information content (AvgIpc) is 3.65. The van der Waals surface area contributed by atoms with Crippen molar-refractivity contribution in [1.29, 1.82) is 0 Å². The number of anilines is 5. The summed E-state index contributed by atoms with van der Waals surface area (Å²) >= 11 is 0. The van der Waals surface area contributed by atoms with Gasteiger partial charge in [-0.15, -0.1) is 0 Å². The molecule has 1 unspecified atom stereocenters. The molecule has 5 N–H and O–H groups in total. The second kappa shape index (κ2) is 11.3. The van der Waals surface area contributed by atoms with Gasteiger partial charge in [-0.25, -0.2) is 4.39 Å². The molecule has 0 saturated carbocycles. The molecule has 2 atom stereocenters. The van der Waals surface area contributed by atoms with Gasteiger partial charge in [0.15, 0.2) is 0 Å². The normalized spacial score (nSPS) is 18.0. The number of methoxy groups -OCH3 is 1. The van der Waals surface area contributed by atoms with Gasteiger partial charge >= 0.3 is 0 Å². The molecule has 2 aliphatic rings. The van der Waals surface area contributed by atoms with Crippen molar-refractivity contribution in [2.24, 2.45) is 5.92 Å². The molecule has 0 spiro atoms. The number of aryl methyl sites for hydroxylation is 1. The fourth-order valence-electron chi connectivity index (χ4n) is 5.72. The Kier molecular flexibility index (Phi) is 7.38. The van der Waals surface area contributed by atoms with Gasteiger partial charge in [0.25, 0.3) is 5.91 Å². The van der Waals surface area contributed by atoms with E-state index < -0.39 is 11.7 Å². The van der Waals surface area contributed by atoms with Crippen molar-refractivity contribution in [1.82, 2.24) is 25.6 Å². The summed E-state index contributed by atoms with van der Waals surface area (Å²) in [7, 11) is 3.04. The zero-order chi connectivity index (χ0) is 29.4. The molecular formula is C30H33FN8O3. The minimum atomic E-state index is -0.655. The van der Waals surface area contributed by atoms with Crippen LogP contribution in [0.25, 0.3) is 11.0 Å². The Bertz CT molecular complexity index is 1670. The third kappa shape index (κ3) is 5.09. The highest BCUT2D eigenvalue weighted by atomic mass is 19.1. The van der Waals surface area contributed by atoms with Gasteiger partial charge in [0.1, 0.15) is 23.0 Å². The predicted octanol–water partition coefficient (Wildman–Crippen LogP) is 4.23. The van der Waals surface area contributed by atoms with Crippen LogP contribution in [0.2, 0.25) is 0 Å². The van der Waals surface area contributed by atoms with Crippen LogP contribution in [0, 0.1) is 11.7 Å². The number of nitrogens with one attached hydrogen (secondary N) is 5. The van der Waals surface area contributed by atoms with E-state index in [-0.39, 0.29) is 29.1 Å². The van der Waals surface area contributed by atoms with Gasteiger partial charge in [-0.05, 0) is 67.6 Å². The molecule has 2 aliphatic heterocycles. The number of hydrogen-bond acceptors (Lipinski definition) is 8. The van der Waals surface area contributed by atoms with Crippen LogP contribution in [-0.2, 0) is 11.2 Å². The number of aromatic nitrogens is 3. The number of nitrogens with zero attached hydrogens (tertiary/aromatic N) is 3. The summed E-state index contributed by atoms with van der Waals surface area (Å²) in [5.74, 6) is 0.518. The fraction of sp³-hybridized carbons (Fsp3) is 0.333. The number of carbonyl (C=O) groups excluding carboxylic acids is 2. The van der Waals surface area contributed by atoms with Gasteiger partial charge in [-0.2, -0.15) is 9.97 Å². The van der Waals surface area contributed by atoms with Gasteiger partial charge in [0, 0.05) is 25.5 Å². The zero-order valence-corrected chi connectivity index (χ0v) is 23.7. The smallest absolute Gasteiger partial charge is 0.256 e. The van der Waals surface area contributed by atoms with Crippen LogP contribution in [0.4, 0.5) is 33.2 Å². The molecule has 42 heavy (non-hydrogen) atoms. The molecular weight excluding hydrogens is 539 g/mol. The standard InChI is InChI=1S/C30H33FN8O3/c1-16-12-22(34-15-16)29(41)39-11-5-6-17-13-24(42-3)21(14-23(17)39)36-30-37-26-18(9-10-33-26)27(38-30)35-20-8-4-7-19(31)25(20)28(40)32-2/h4,7-10,13-14,16,22,34H,5-6,11-12,15H2,1-3H3,(H,32,40)(H3,33,35,36,37,38)/t16?,22-/m0/s1. The SMILES string of the molecule is CNC(=O)c1c(F)cccc1Nc1nc(Nc2cc3c(cc2OC)CCCN3C(=O)[C@@H]2CC(C)CN2)nc2[nH]ccc12. The summed E-state index contributed by atoms with van der Waals surface area (Å²) in [6, 6.07) is 9.82. The van der Waals surface area contributed by atoms with Crippen LogP contribution >= 0.6 is 0 Å². The number of benzene rings is 2. The number of halogens is 1. The van der Waals surface area contributed by atoms with Crippen LogP contribution in [0.15, 0.2) is 42.6 Å². The first-order chi connectivity index (χ1) is 20.4. The van der Waals surface area contributed by atoms with E-state index in [2.05, 4.69) is 43.1 Å². The van der Waals surface area contributed by atoms with Crippen LogP contribution < -0.4 is 30.9 Å². The van der Waals surface area contributed by atoms with E-state index >= 15 is 0 Å². The van der Waals surface area contributed by atoms with E-state index in [4.69, 9.17) is 4.74 Å². The molecule has 2 aromatic heterocycles. The van der Waals surface area contributed by atoms with Crippen LogP contribution in [0.3, 0.4) is 0 Å². The van der Waals surface area contributed by atoms with E-state index in [1.165, 1.54) is 19.2 Å². The summed E-state index contributed by atoms with van der Waals surface area (Å²) in [5, 5.41) is 12.9. The number of fused-ring (bicyclic) bond motifs is 2. The molecule has 0 radical (unpaired) electrons. The summed E-state index contributed by atoms with van der Waals surface area (Å²) in [6.07, 6.45) is 4.25. The lowest BCUT2D eigenvalue weighted by molar-refractivity contribution is -0.120. The minimum Gasteiger partial charge on any atom is -0.495 e. The Morgan fingerprint density at radius 2 is 2.00 bits per heavy atom. The molecule has 2 aromatic carbocycles. The highest BCUT2D eigenvalue weighted by Crippen LogP contribution is 2.39. The Hall–Kier alpha value is -4.71. The molecule has 4 aromatic rings. The molecule has 218 valence electrons. The lowest BCUT2D eigenvalue weighted by Crippen LogP contribution is -2.45. The fourth-order valence-corrected chi connectivity index (χ4v) is 5.72. The summed E-state index contributed by atoms with van der Waals surface area (Å²) in [6.45, 7) is 3.63. The highest BCUT2D eigenvalue weighted by Gasteiger charge is 2.33. The second-order valence-electron chi connectivity index (χ2n) is 10.7. The van der Waals surface area contributed by atoms with Gasteiger partial charge in [0.05, 0.1) is 35.5 Å². The maximum absolute atomic E-state index is 14.6. The monoisotopic (exact) mass is 572 g/mol. The van der Waals surface area contributed by atoms with Crippen molar-refractivity contribution in [2.45, 2.75) is 32.2 Å². The summed E-state index contributed by atoms with van der Waals surface area (Å²) < 4.78 is 20.4. The number of aromatic amines is 1. The molecule has 12 heteroatoms. The van der Waals surface area contributed by atoms with E-state index in [0.29, 0.717) is 40.8 Å². The summed E-state index contributed by atoms with van der Waals surface area (Å²) in [4.78, 5) is 40.2. The Labute approximate surface area is 242 Å². The van der Waals surface area contributed by atoms with Crippen molar-refractivity contribution in [3.8, 4) is 5.75 Å². The number of rotatable bonds is 7. The second-order valence-corrected chi connectivity index (χ2v) is 10.7. The number of amides is 2. The number of H-pyrrole nitrogens is 1. The minimum absolute atomic E-state index is 0.0778. The third-order valence-corrected chi connectivity index (χ3v) is 7.82. The third-order valence-electron chi connectivity index (χ3n) is 7.82. The van der Waals surface area contributed by atoms with Gasteiger partial charge in [-0.3, -0.25) is 9.59 Å². The first-order valence-electron chi connectivity index (χ1n) is 14.0. The zero-order valence-electron chi connectivity index (χ0n) is 23.7. The highest BCUT2D eigenvalue weighted by molar-refractivity contribution is 6.02. The van der Waals surface area contributed by atoms with Crippen molar-refractivity contribution < 1.29 is 18.7 Å². The Balaban J connectivity index is 1.36. The number of hydrogen-bond donors (Lipinski definition) is 5. The van der Waals surface area contributed by atoms with Crippen LogP contribution in [0.1, 0.15) is 35.7 Å². The largest absolute Gasteiger partial charge is 0.495 e. The van der Waals surface area contributed by atoms with Crippen molar-refractivity contribution in [3.63, 3.8) is 0 Å². The molecule has 4 heterocycles. The molecule has 6 rings (SSSR count). The Morgan fingerprint density at radius 1 is 1.14 bits per heavy atom. The van der Waals surface area contributed by atoms with E-state index in [1.54, 1.807) is 25.4 Å². The lowest BCUT2D eigenvalue weighted by Gasteiger charge is -2.32. The molecule has 2 amide bonds. The number of carbonyl (C=O) groups is 2. The quantitative estimate of drug-likeness (QED) is 0.222. The predicted molar refractivity (Wildman–Crippen MR) is 159 cm³/mol. The average molecular weight is 573 g/mol. The van der Waals surface area contributed by atoms with E-state index in [0.717, 1.165) is 37.1 Å². The van der Waals surface area contributed by atoms with Gasteiger partial charge in [-0.1, -0.05) is 13.0 Å². The number of ether oxygens (including phenoxy) is 1. The topological polar surface area (TPSA) is 136 Å². The first kappa shape index (κ1) is 27.5. The Morgan fingerprint density at radius 3 is 2.76 bits per heavy atom. The van der Waals surface area contributed by atoms with E-state index in [1.807, 2.05) is 17.0 Å². The maximum Gasteiger partial charge on any atom is 0.256 e. The molecule has 1 saturated heterocycles. The molecule has 0 bridgehead atoms. The van der Waals surface area contributed by atoms with Crippen molar-refractivity contribution in [3.05, 3.63) is 59.5 Å². The van der Waals surface area contributed by atoms with Crippen LogP contribution in [-0.4, -0.2) is 60.1 Å². The van der Waals surface area contributed by atoms with Gasteiger partial charge in [0.2, 0.25) is 11.9 Å². The lowest BCUT2D eigenvalue weighted by atomic mass is 9.98.